The van der Waals surface area contributed by atoms with E-state index in [0.717, 1.165) is 37.8 Å². The normalized spacial score (nSPS) is 22.2. The smallest absolute Gasteiger partial charge is 0.214 e. The summed E-state index contributed by atoms with van der Waals surface area (Å²) in [6.07, 6.45) is 1.91. The van der Waals surface area contributed by atoms with Crippen molar-refractivity contribution in [2.45, 2.75) is 24.7 Å². The summed E-state index contributed by atoms with van der Waals surface area (Å²) >= 11 is 1.92. The van der Waals surface area contributed by atoms with Crippen LogP contribution in [0.2, 0.25) is 0 Å². The third kappa shape index (κ3) is 6.77. The second-order valence-corrected chi connectivity index (χ2v) is 10.2. The van der Waals surface area contributed by atoms with E-state index in [1.54, 1.807) is 4.31 Å². The molecule has 0 amide bonds. The molecule has 0 spiro atoms. The molecule has 6 nitrogen and oxygen atoms in total. The molecule has 9 heteroatoms. The van der Waals surface area contributed by atoms with Crippen molar-refractivity contribution >= 4 is 51.7 Å². The zero-order valence-electron chi connectivity index (χ0n) is 16.4. The molecule has 0 bridgehead atoms. The molecule has 3 rings (SSSR count). The van der Waals surface area contributed by atoms with Crippen molar-refractivity contribution in [3.05, 3.63) is 30.3 Å². The highest BCUT2D eigenvalue weighted by atomic mass is 127. The largest absolute Gasteiger partial charge is 0.357 e. The van der Waals surface area contributed by atoms with Crippen LogP contribution in [0.5, 0.6) is 0 Å². The third-order valence-electron chi connectivity index (χ3n) is 4.96. The molecule has 0 saturated carbocycles. The van der Waals surface area contributed by atoms with E-state index < -0.39 is 10.0 Å². The van der Waals surface area contributed by atoms with Gasteiger partial charge in [-0.3, -0.25) is 4.99 Å². The fraction of sp³-hybridized carbons (Fsp3) is 0.632. The molecule has 1 atom stereocenters. The minimum Gasteiger partial charge on any atom is -0.357 e. The standard InChI is InChI=1S/C19H30N4O2S2.HI/c1-2-20-19(21-10-13-23-11-6-14-27(23,24)25)22-12-9-17(15-22)16-26-18-7-4-3-5-8-18;/h3-5,7-8,17H,2,6,9-16H2,1H3,(H,20,21);1H. The van der Waals surface area contributed by atoms with E-state index in [9.17, 15) is 8.42 Å². The maximum atomic E-state index is 11.9. The molecule has 2 saturated heterocycles. The maximum Gasteiger partial charge on any atom is 0.214 e. The number of rotatable bonds is 7. The molecule has 0 aliphatic carbocycles. The molecule has 1 aromatic carbocycles. The first-order valence-corrected chi connectivity index (χ1v) is 12.4. The highest BCUT2D eigenvalue weighted by Crippen LogP contribution is 2.25. The SMILES string of the molecule is CCNC(=NCCN1CCCS1(=O)=O)N1CCC(CSc2ccccc2)C1.I. The van der Waals surface area contributed by atoms with Crippen LogP contribution in [0.25, 0.3) is 0 Å². The first-order chi connectivity index (χ1) is 13.1. The van der Waals surface area contributed by atoms with E-state index in [-0.39, 0.29) is 29.7 Å². The molecule has 1 aromatic rings. The Labute approximate surface area is 190 Å². The van der Waals surface area contributed by atoms with E-state index >= 15 is 0 Å². The molecule has 0 aromatic heterocycles. The van der Waals surface area contributed by atoms with Gasteiger partial charge >= 0.3 is 0 Å². The molecule has 0 radical (unpaired) electrons. The van der Waals surface area contributed by atoms with Gasteiger partial charge in [-0.25, -0.2) is 12.7 Å². The number of thioether (sulfide) groups is 1. The van der Waals surface area contributed by atoms with Crippen LogP contribution in [0.15, 0.2) is 40.2 Å². The van der Waals surface area contributed by atoms with Crippen molar-refractivity contribution in [2.24, 2.45) is 10.9 Å². The fourth-order valence-electron chi connectivity index (χ4n) is 3.53. The Balaban J connectivity index is 0.00000280. The number of sulfonamides is 1. The van der Waals surface area contributed by atoms with Crippen molar-refractivity contribution in [3.63, 3.8) is 0 Å². The van der Waals surface area contributed by atoms with E-state index in [1.807, 2.05) is 17.8 Å². The Bertz CT molecular complexity index is 731. The number of nitrogens with zero attached hydrogens (tertiary/aromatic N) is 3. The van der Waals surface area contributed by atoms with Gasteiger partial charge in [-0.1, -0.05) is 18.2 Å². The number of benzene rings is 1. The average Bonchev–Trinajstić information content (AvgIpc) is 3.26. The molecule has 2 aliphatic rings. The molecular weight excluding hydrogens is 507 g/mol. The van der Waals surface area contributed by atoms with Crippen LogP contribution in [-0.2, 0) is 10.0 Å². The monoisotopic (exact) mass is 538 g/mol. The number of guanidine groups is 1. The van der Waals surface area contributed by atoms with Crippen molar-refractivity contribution in [2.75, 3.05) is 50.8 Å². The number of halogens is 1. The molecular formula is C19H31IN4O2S2. The van der Waals surface area contributed by atoms with Crippen LogP contribution >= 0.6 is 35.7 Å². The minimum absolute atomic E-state index is 0. The van der Waals surface area contributed by atoms with Gasteiger partial charge in [-0.05, 0) is 37.8 Å². The van der Waals surface area contributed by atoms with Crippen LogP contribution < -0.4 is 5.32 Å². The second-order valence-electron chi connectivity index (χ2n) is 7.03. The van der Waals surface area contributed by atoms with Crippen LogP contribution in [0.4, 0.5) is 0 Å². The van der Waals surface area contributed by atoms with Gasteiger partial charge in [0.05, 0.1) is 12.3 Å². The van der Waals surface area contributed by atoms with E-state index in [1.165, 1.54) is 11.3 Å². The Hall–Kier alpha value is -0.520. The lowest BCUT2D eigenvalue weighted by Gasteiger charge is -2.22. The van der Waals surface area contributed by atoms with Gasteiger partial charge in [-0.15, -0.1) is 35.7 Å². The van der Waals surface area contributed by atoms with Gasteiger partial charge in [0.25, 0.3) is 0 Å². The van der Waals surface area contributed by atoms with Gasteiger partial charge in [0.15, 0.2) is 5.96 Å². The van der Waals surface area contributed by atoms with Gasteiger partial charge in [0, 0.05) is 43.4 Å². The summed E-state index contributed by atoms with van der Waals surface area (Å²) in [5, 5.41) is 3.37. The summed E-state index contributed by atoms with van der Waals surface area (Å²) in [6, 6.07) is 10.5. The molecule has 1 unspecified atom stereocenters. The van der Waals surface area contributed by atoms with E-state index in [2.05, 4.69) is 41.4 Å². The zero-order valence-corrected chi connectivity index (χ0v) is 20.4. The number of hydrogen-bond donors (Lipinski definition) is 1. The Kier molecular flexibility index (Phi) is 9.85. The van der Waals surface area contributed by atoms with Crippen LogP contribution in [0.3, 0.4) is 0 Å². The summed E-state index contributed by atoms with van der Waals surface area (Å²) in [4.78, 5) is 8.34. The van der Waals surface area contributed by atoms with Crippen LogP contribution in [-0.4, -0.2) is 74.4 Å². The van der Waals surface area contributed by atoms with Crippen molar-refractivity contribution < 1.29 is 8.42 Å². The molecule has 158 valence electrons. The highest BCUT2D eigenvalue weighted by Gasteiger charge is 2.28. The van der Waals surface area contributed by atoms with Crippen LogP contribution in [0.1, 0.15) is 19.8 Å². The summed E-state index contributed by atoms with van der Waals surface area (Å²) in [6.45, 7) is 6.54. The van der Waals surface area contributed by atoms with Gasteiger partial charge < -0.3 is 10.2 Å². The van der Waals surface area contributed by atoms with Crippen molar-refractivity contribution in [1.82, 2.24) is 14.5 Å². The lowest BCUT2D eigenvalue weighted by Crippen LogP contribution is -2.40. The molecule has 2 heterocycles. The first-order valence-electron chi connectivity index (χ1n) is 9.77. The molecule has 2 aliphatic heterocycles. The van der Waals surface area contributed by atoms with Gasteiger partial charge in [-0.2, -0.15) is 0 Å². The quantitative estimate of drug-likeness (QED) is 0.251. The highest BCUT2D eigenvalue weighted by molar-refractivity contribution is 14.0. The molecule has 2 fully saturated rings. The second kappa shape index (κ2) is 11.6. The first kappa shape index (κ1) is 23.8. The summed E-state index contributed by atoms with van der Waals surface area (Å²) in [5.41, 5.74) is 0. The fourth-order valence-corrected chi connectivity index (χ4v) is 6.10. The third-order valence-corrected chi connectivity index (χ3v) is 8.16. The van der Waals surface area contributed by atoms with Gasteiger partial charge in [0.1, 0.15) is 0 Å². The summed E-state index contributed by atoms with van der Waals surface area (Å²) in [5.74, 6) is 2.97. The van der Waals surface area contributed by atoms with Crippen molar-refractivity contribution in [1.29, 1.82) is 0 Å². The Morgan fingerprint density at radius 3 is 2.75 bits per heavy atom. The Morgan fingerprint density at radius 1 is 1.29 bits per heavy atom. The van der Waals surface area contributed by atoms with Crippen molar-refractivity contribution in [3.8, 4) is 0 Å². The Morgan fingerprint density at radius 2 is 2.07 bits per heavy atom. The maximum absolute atomic E-state index is 11.9. The summed E-state index contributed by atoms with van der Waals surface area (Å²) in [7, 11) is -3.03. The molecule has 28 heavy (non-hydrogen) atoms. The minimum atomic E-state index is -3.03. The predicted molar refractivity (Wildman–Crippen MR) is 128 cm³/mol. The number of likely N-dealkylation sites (tertiary alicyclic amines) is 1. The topological polar surface area (TPSA) is 65.0 Å². The number of hydrogen-bond acceptors (Lipinski definition) is 4. The van der Waals surface area contributed by atoms with Crippen LogP contribution in [0, 0.1) is 5.92 Å². The van der Waals surface area contributed by atoms with E-state index in [0.29, 0.717) is 25.6 Å². The van der Waals surface area contributed by atoms with E-state index in [4.69, 9.17) is 4.99 Å². The predicted octanol–water partition coefficient (Wildman–Crippen LogP) is 2.72. The summed E-state index contributed by atoms with van der Waals surface area (Å²) < 4.78 is 25.4. The van der Waals surface area contributed by atoms with Gasteiger partial charge in [0.2, 0.25) is 10.0 Å². The molecule has 1 N–H and O–H groups in total. The number of aliphatic imine (C=N–C) groups is 1. The average molecular weight is 539 g/mol. The lowest BCUT2D eigenvalue weighted by molar-refractivity contribution is 0.445. The lowest BCUT2D eigenvalue weighted by atomic mass is 10.2. The zero-order chi connectivity index (χ0) is 19.1. The number of nitrogens with one attached hydrogen (secondary N) is 1.